The minimum atomic E-state index is -1.01. The quantitative estimate of drug-likeness (QED) is 0.484. The van der Waals surface area contributed by atoms with Gasteiger partial charge in [-0.05, 0) is 42.2 Å². The molecule has 130 valence electrons. The molecule has 3 aliphatic rings. The van der Waals surface area contributed by atoms with E-state index in [4.69, 9.17) is 25.8 Å². The SMILES string of the molecule is [B]C12CCC(CC1)C(O)(CNC(=S)Nc1nc(C(C)C)cs1)C2N. The maximum Gasteiger partial charge on any atom is 0.189 e. The number of nitrogens with two attached hydrogens (primary N) is 1. The van der Waals surface area contributed by atoms with Gasteiger partial charge in [-0.2, -0.15) is 0 Å². The molecule has 2 unspecified atom stereocenters. The minimum absolute atomic E-state index is 0.181. The van der Waals surface area contributed by atoms with E-state index in [9.17, 15) is 5.11 Å². The fraction of sp³-hybridized carbons (Fsp3) is 0.750. The number of anilines is 1. The molecule has 1 aromatic heterocycles. The largest absolute Gasteiger partial charge is 0.386 e. The molecule has 0 aliphatic heterocycles. The predicted molar refractivity (Wildman–Crippen MR) is 104 cm³/mol. The number of fused-ring (bicyclic) bond motifs is 3. The summed E-state index contributed by atoms with van der Waals surface area (Å²) in [6, 6.07) is -0.430. The van der Waals surface area contributed by atoms with Crippen LogP contribution >= 0.6 is 23.6 Å². The molecule has 8 heteroatoms. The molecule has 5 nitrogen and oxygen atoms in total. The van der Waals surface area contributed by atoms with E-state index >= 15 is 0 Å². The Balaban J connectivity index is 1.59. The Morgan fingerprint density at radius 3 is 2.79 bits per heavy atom. The normalized spacial score (nSPS) is 35.2. The second kappa shape index (κ2) is 6.55. The summed E-state index contributed by atoms with van der Waals surface area (Å²) in [4.78, 5) is 4.50. The van der Waals surface area contributed by atoms with Gasteiger partial charge in [0.25, 0.3) is 0 Å². The molecule has 0 saturated heterocycles. The Kier molecular flexibility index (Phi) is 4.94. The third kappa shape index (κ3) is 3.21. The Morgan fingerprint density at radius 2 is 2.21 bits per heavy atom. The van der Waals surface area contributed by atoms with Crippen LogP contribution in [0.15, 0.2) is 5.38 Å². The third-order valence-corrected chi connectivity index (χ3v) is 6.67. The fourth-order valence-electron chi connectivity index (χ4n) is 3.94. The van der Waals surface area contributed by atoms with Gasteiger partial charge in [-0.3, -0.25) is 0 Å². The molecule has 3 aliphatic carbocycles. The van der Waals surface area contributed by atoms with Gasteiger partial charge >= 0.3 is 0 Å². The monoisotopic (exact) mass is 364 g/mol. The van der Waals surface area contributed by atoms with E-state index in [2.05, 4.69) is 29.5 Å². The first-order chi connectivity index (χ1) is 11.2. The van der Waals surface area contributed by atoms with Gasteiger partial charge in [-0.15, -0.1) is 11.3 Å². The molecule has 2 bridgehead atoms. The zero-order valence-corrected chi connectivity index (χ0v) is 15.8. The van der Waals surface area contributed by atoms with Crippen molar-refractivity contribution in [2.24, 2.45) is 11.7 Å². The van der Waals surface area contributed by atoms with Gasteiger partial charge in [0, 0.05) is 18.0 Å². The number of nitrogens with one attached hydrogen (secondary N) is 2. The van der Waals surface area contributed by atoms with Crippen LogP contribution in [0.4, 0.5) is 5.13 Å². The van der Waals surface area contributed by atoms with Gasteiger partial charge < -0.3 is 21.5 Å². The lowest BCUT2D eigenvalue weighted by atomic mass is 9.44. The van der Waals surface area contributed by atoms with Crippen molar-refractivity contribution in [3.63, 3.8) is 0 Å². The molecule has 5 N–H and O–H groups in total. The Hall–Kier alpha value is -0.695. The molecular weight excluding hydrogens is 339 g/mol. The van der Waals surface area contributed by atoms with E-state index in [1.54, 1.807) is 0 Å². The summed E-state index contributed by atoms with van der Waals surface area (Å²) in [7, 11) is 6.41. The highest BCUT2D eigenvalue weighted by atomic mass is 32.1. The van der Waals surface area contributed by atoms with Gasteiger partial charge in [0.2, 0.25) is 0 Å². The summed E-state index contributed by atoms with van der Waals surface area (Å²) in [6.07, 6.45) is 3.63. The molecule has 2 radical (unpaired) electrons. The maximum absolute atomic E-state index is 11.1. The van der Waals surface area contributed by atoms with E-state index in [-0.39, 0.29) is 5.92 Å². The summed E-state index contributed by atoms with van der Waals surface area (Å²) < 4.78 is 0. The Bertz CT molecular complexity index is 615. The zero-order chi connectivity index (χ0) is 17.5. The average Bonchev–Trinajstić information content (AvgIpc) is 3.00. The summed E-state index contributed by atoms with van der Waals surface area (Å²) >= 11 is 6.86. The van der Waals surface area contributed by atoms with Crippen LogP contribution in [0, 0.1) is 5.92 Å². The Labute approximate surface area is 154 Å². The number of hydrogen-bond acceptors (Lipinski definition) is 5. The highest BCUT2D eigenvalue weighted by Crippen LogP contribution is 2.56. The number of nitrogens with zero attached hydrogens (tertiary/aromatic N) is 1. The van der Waals surface area contributed by atoms with Crippen molar-refractivity contribution in [3.8, 4) is 0 Å². The van der Waals surface area contributed by atoms with Crippen LogP contribution in [-0.2, 0) is 0 Å². The second-order valence-electron chi connectivity index (χ2n) is 7.52. The third-order valence-electron chi connectivity index (χ3n) is 5.65. The van der Waals surface area contributed by atoms with E-state index in [0.717, 1.165) is 36.5 Å². The van der Waals surface area contributed by atoms with E-state index in [0.29, 0.717) is 17.6 Å². The number of rotatable bonds is 4. The average molecular weight is 364 g/mol. The number of thiocarbonyl (C=S) groups is 1. The molecule has 3 fully saturated rings. The molecule has 0 spiro atoms. The summed E-state index contributed by atoms with van der Waals surface area (Å²) in [5.41, 5.74) is 6.35. The molecule has 4 rings (SSSR count). The number of thiazole rings is 1. The van der Waals surface area contributed by atoms with Crippen LogP contribution in [-0.4, -0.2) is 41.2 Å². The van der Waals surface area contributed by atoms with Crippen molar-refractivity contribution >= 4 is 41.6 Å². The number of aromatic nitrogens is 1. The van der Waals surface area contributed by atoms with Crippen LogP contribution < -0.4 is 16.4 Å². The topological polar surface area (TPSA) is 83.2 Å². The standard InChI is InChI=1S/C16H25BN4OS2/c1-9(2)11-7-24-14(20-11)21-13(23)19-8-16(22)10-3-5-15(17,6-4-10)12(16)18/h7,9-10,12,22H,3-6,8,18H2,1-2H3,(H2,19,20,21,23). The lowest BCUT2D eigenvalue weighted by molar-refractivity contribution is -0.104. The summed E-state index contributed by atoms with van der Waals surface area (Å²) in [5.74, 6) is 0.566. The van der Waals surface area contributed by atoms with Crippen molar-refractivity contribution in [1.82, 2.24) is 10.3 Å². The van der Waals surface area contributed by atoms with Crippen LogP contribution in [0.3, 0.4) is 0 Å². The molecule has 3 saturated carbocycles. The van der Waals surface area contributed by atoms with Crippen molar-refractivity contribution < 1.29 is 5.11 Å². The van der Waals surface area contributed by atoms with Crippen molar-refractivity contribution in [2.75, 3.05) is 11.9 Å². The molecule has 2 atom stereocenters. The van der Waals surface area contributed by atoms with Gasteiger partial charge in [0.1, 0.15) is 0 Å². The molecule has 0 aromatic carbocycles. The van der Waals surface area contributed by atoms with Gasteiger partial charge in [-0.25, -0.2) is 4.98 Å². The van der Waals surface area contributed by atoms with Crippen LogP contribution in [0.2, 0.25) is 5.31 Å². The lowest BCUT2D eigenvalue weighted by Crippen LogP contribution is -2.68. The minimum Gasteiger partial charge on any atom is -0.386 e. The zero-order valence-electron chi connectivity index (χ0n) is 14.2. The number of hydrogen-bond donors (Lipinski definition) is 4. The molecule has 24 heavy (non-hydrogen) atoms. The summed E-state index contributed by atoms with van der Waals surface area (Å²) in [6.45, 7) is 4.52. The lowest BCUT2D eigenvalue weighted by Gasteiger charge is -2.59. The smallest absolute Gasteiger partial charge is 0.189 e. The fourth-order valence-corrected chi connectivity index (χ4v) is 5.05. The first kappa shape index (κ1) is 18.1. The van der Waals surface area contributed by atoms with Crippen LogP contribution in [0.1, 0.15) is 51.1 Å². The highest BCUT2D eigenvalue weighted by Gasteiger charge is 2.56. The van der Waals surface area contributed by atoms with Gasteiger partial charge in [-0.1, -0.05) is 26.7 Å². The molecule has 1 heterocycles. The highest BCUT2D eigenvalue weighted by molar-refractivity contribution is 7.80. The summed E-state index contributed by atoms with van der Waals surface area (Å²) in [5, 5.41) is 20.1. The second-order valence-corrected chi connectivity index (χ2v) is 8.78. The first-order valence-corrected chi connectivity index (χ1v) is 9.80. The van der Waals surface area contributed by atoms with Crippen LogP contribution in [0.25, 0.3) is 0 Å². The molecule has 0 amide bonds. The van der Waals surface area contributed by atoms with Gasteiger partial charge in [0.05, 0.1) is 19.1 Å². The van der Waals surface area contributed by atoms with Crippen molar-refractivity contribution in [3.05, 3.63) is 11.1 Å². The predicted octanol–water partition coefficient (Wildman–Crippen LogP) is 2.14. The van der Waals surface area contributed by atoms with Gasteiger partial charge in [0.15, 0.2) is 10.2 Å². The molecule has 1 aromatic rings. The van der Waals surface area contributed by atoms with Crippen molar-refractivity contribution in [2.45, 2.75) is 62.4 Å². The molecular formula is C16H25BN4OS2. The number of aliphatic hydroxyl groups is 1. The van der Waals surface area contributed by atoms with Crippen molar-refractivity contribution in [1.29, 1.82) is 0 Å². The van der Waals surface area contributed by atoms with E-state index < -0.39 is 17.0 Å². The first-order valence-electron chi connectivity index (χ1n) is 8.52. The maximum atomic E-state index is 11.1. The van der Waals surface area contributed by atoms with E-state index in [1.165, 1.54) is 11.3 Å². The Morgan fingerprint density at radius 1 is 1.54 bits per heavy atom. The van der Waals surface area contributed by atoms with E-state index in [1.807, 2.05) is 5.38 Å². The van der Waals surface area contributed by atoms with Crippen LogP contribution in [0.5, 0.6) is 0 Å².